The molecule has 1 atom stereocenters. The minimum Gasteiger partial charge on any atom is -0.466 e. The Morgan fingerprint density at radius 1 is 1.56 bits per heavy atom. The SMILES string of the molecule is CCCOC(=O)CC(N)c1cccc(F)c1. The summed E-state index contributed by atoms with van der Waals surface area (Å²) in [4.78, 5) is 11.3. The van der Waals surface area contributed by atoms with Gasteiger partial charge in [0.2, 0.25) is 0 Å². The lowest BCUT2D eigenvalue weighted by molar-refractivity contribution is -0.144. The van der Waals surface area contributed by atoms with E-state index in [-0.39, 0.29) is 18.2 Å². The van der Waals surface area contributed by atoms with E-state index in [0.717, 1.165) is 6.42 Å². The quantitative estimate of drug-likeness (QED) is 0.781. The molecule has 0 saturated carbocycles. The number of rotatable bonds is 5. The van der Waals surface area contributed by atoms with E-state index in [9.17, 15) is 9.18 Å². The van der Waals surface area contributed by atoms with Gasteiger partial charge < -0.3 is 10.5 Å². The van der Waals surface area contributed by atoms with Crippen LogP contribution in [0, 0.1) is 5.82 Å². The van der Waals surface area contributed by atoms with Crippen molar-refractivity contribution in [3.8, 4) is 0 Å². The van der Waals surface area contributed by atoms with E-state index in [4.69, 9.17) is 10.5 Å². The lowest BCUT2D eigenvalue weighted by atomic mass is 10.1. The summed E-state index contributed by atoms with van der Waals surface area (Å²) >= 11 is 0. The van der Waals surface area contributed by atoms with Gasteiger partial charge in [0.1, 0.15) is 5.82 Å². The molecule has 2 N–H and O–H groups in total. The summed E-state index contributed by atoms with van der Waals surface area (Å²) in [5.41, 5.74) is 6.37. The van der Waals surface area contributed by atoms with Crippen LogP contribution in [0.3, 0.4) is 0 Å². The molecule has 3 nitrogen and oxygen atoms in total. The summed E-state index contributed by atoms with van der Waals surface area (Å²) < 4.78 is 17.8. The van der Waals surface area contributed by atoms with E-state index in [1.54, 1.807) is 12.1 Å². The number of hydrogen-bond donors (Lipinski definition) is 1. The molecule has 0 aromatic heterocycles. The zero-order valence-electron chi connectivity index (χ0n) is 9.28. The van der Waals surface area contributed by atoms with Crippen LogP contribution in [0.5, 0.6) is 0 Å². The summed E-state index contributed by atoms with van der Waals surface area (Å²) in [6.07, 6.45) is 0.852. The highest BCUT2D eigenvalue weighted by molar-refractivity contribution is 5.70. The van der Waals surface area contributed by atoms with Crippen LogP contribution < -0.4 is 5.73 Å². The molecule has 0 saturated heterocycles. The molecule has 1 aromatic rings. The molecule has 0 amide bonds. The van der Waals surface area contributed by atoms with Crippen LogP contribution in [0.25, 0.3) is 0 Å². The van der Waals surface area contributed by atoms with Crippen molar-refractivity contribution >= 4 is 5.97 Å². The Morgan fingerprint density at radius 3 is 2.94 bits per heavy atom. The molecule has 0 spiro atoms. The lowest BCUT2D eigenvalue weighted by Crippen LogP contribution is -2.17. The van der Waals surface area contributed by atoms with Gasteiger partial charge in [0.25, 0.3) is 0 Å². The van der Waals surface area contributed by atoms with Crippen LogP contribution in [0.15, 0.2) is 24.3 Å². The molecule has 0 fully saturated rings. The third-order valence-electron chi connectivity index (χ3n) is 2.13. The Bertz CT molecular complexity index is 355. The van der Waals surface area contributed by atoms with E-state index in [1.165, 1.54) is 12.1 Å². The van der Waals surface area contributed by atoms with Crippen molar-refractivity contribution in [2.75, 3.05) is 6.61 Å². The molecule has 0 heterocycles. The molecule has 0 aliphatic heterocycles. The topological polar surface area (TPSA) is 52.3 Å². The number of ether oxygens (including phenoxy) is 1. The molecule has 0 radical (unpaired) electrons. The monoisotopic (exact) mass is 225 g/mol. The van der Waals surface area contributed by atoms with Crippen molar-refractivity contribution < 1.29 is 13.9 Å². The molecule has 0 aliphatic carbocycles. The summed E-state index contributed by atoms with van der Waals surface area (Å²) in [5.74, 6) is -0.700. The second-order valence-electron chi connectivity index (χ2n) is 3.59. The number of nitrogens with two attached hydrogens (primary N) is 1. The molecule has 88 valence electrons. The number of halogens is 1. The lowest BCUT2D eigenvalue weighted by Gasteiger charge is -2.11. The molecule has 0 bridgehead atoms. The molecule has 1 unspecified atom stereocenters. The molecule has 1 rings (SSSR count). The smallest absolute Gasteiger partial charge is 0.307 e. The third-order valence-corrected chi connectivity index (χ3v) is 2.13. The highest BCUT2D eigenvalue weighted by atomic mass is 19.1. The van der Waals surface area contributed by atoms with E-state index in [1.807, 2.05) is 6.92 Å². The summed E-state index contributed by atoms with van der Waals surface area (Å²) in [6, 6.07) is 5.42. The van der Waals surface area contributed by atoms with Crippen molar-refractivity contribution in [1.82, 2.24) is 0 Å². The van der Waals surface area contributed by atoms with Gasteiger partial charge in [-0.25, -0.2) is 4.39 Å². The number of benzene rings is 1. The zero-order chi connectivity index (χ0) is 12.0. The fourth-order valence-corrected chi connectivity index (χ4v) is 1.31. The molecule has 4 heteroatoms. The van der Waals surface area contributed by atoms with Crippen LogP contribution in [-0.4, -0.2) is 12.6 Å². The van der Waals surface area contributed by atoms with Gasteiger partial charge in [-0.1, -0.05) is 19.1 Å². The minimum atomic E-state index is -0.514. The van der Waals surface area contributed by atoms with E-state index < -0.39 is 6.04 Å². The van der Waals surface area contributed by atoms with Gasteiger partial charge >= 0.3 is 5.97 Å². The summed E-state index contributed by atoms with van der Waals surface area (Å²) in [6.45, 7) is 2.31. The van der Waals surface area contributed by atoms with E-state index in [2.05, 4.69) is 0 Å². The van der Waals surface area contributed by atoms with Crippen LogP contribution in [0.1, 0.15) is 31.4 Å². The maximum absolute atomic E-state index is 12.9. The van der Waals surface area contributed by atoms with Gasteiger partial charge in [-0.05, 0) is 24.1 Å². The van der Waals surface area contributed by atoms with Crippen molar-refractivity contribution in [2.24, 2.45) is 5.73 Å². The Kier molecular flexibility index (Phi) is 4.92. The van der Waals surface area contributed by atoms with Gasteiger partial charge in [0, 0.05) is 6.04 Å². The fraction of sp³-hybridized carbons (Fsp3) is 0.417. The van der Waals surface area contributed by atoms with Gasteiger partial charge in [-0.2, -0.15) is 0 Å². The predicted molar refractivity (Wildman–Crippen MR) is 59.2 cm³/mol. The first-order chi connectivity index (χ1) is 7.63. The predicted octanol–water partition coefficient (Wildman–Crippen LogP) is 2.17. The van der Waals surface area contributed by atoms with Crippen LogP contribution in [0.2, 0.25) is 0 Å². The summed E-state index contributed by atoms with van der Waals surface area (Å²) in [7, 11) is 0. The second-order valence-corrected chi connectivity index (χ2v) is 3.59. The molecule has 0 aliphatic rings. The van der Waals surface area contributed by atoms with E-state index in [0.29, 0.717) is 12.2 Å². The first-order valence-corrected chi connectivity index (χ1v) is 5.30. The average Bonchev–Trinajstić information content (AvgIpc) is 2.26. The van der Waals surface area contributed by atoms with Crippen LogP contribution in [0.4, 0.5) is 4.39 Å². The van der Waals surface area contributed by atoms with Crippen molar-refractivity contribution in [1.29, 1.82) is 0 Å². The second kappa shape index (κ2) is 6.23. The number of carbonyl (C=O) groups is 1. The first-order valence-electron chi connectivity index (χ1n) is 5.30. The maximum atomic E-state index is 12.9. The Morgan fingerprint density at radius 2 is 2.31 bits per heavy atom. The standard InChI is InChI=1S/C12H16FNO2/c1-2-6-16-12(15)8-11(14)9-4-3-5-10(13)7-9/h3-5,7,11H,2,6,8,14H2,1H3. The molecular weight excluding hydrogens is 209 g/mol. The maximum Gasteiger partial charge on any atom is 0.307 e. The number of esters is 1. The Labute approximate surface area is 94.4 Å². The normalized spacial score (nSPS) is 12.2. The molecule has 16 heavy (non-hydrogen) atoms. The number of carbonyl (C=O) groups excluding carboxylic acids is 1. The largest absolute Gasteiger partial charge is 0.466 e. The van der Waals surface area contributed by atoms with Crippen molar-refractivity contribution in [2.45, 2.75) is 25.8 Å². The molecular formula is C12H16FNO2. The van der Waals surface area contributed by atoms with Gasteiger partial charge in [0.15, 0.2) is 0 Å². The summed E-state index contributed by atoms with van der Waals surface area (Å²) in [5, 5.41) is 0. The van der Waals surface area contributed by atoms with Crippen LogP contribution in [-0.2, 0) is 9.53 Å². The molecule has 1 aromatic carbocycles. The Balaban J connectivity index is 2.52. The van der Waals surface area contributed by atoms with Crippen molar-refractivity contribution in [3.63, 3.8) is 0 Å². The van der Waals surface area contributed by atoms with Crippen molar-refractivity contribution in [3.05, 3.63) is 35.6 Å². The van der Waals surface area contributed by atoms with Gasteiger partial charge in [0.05, 0.1) is 13.0 Å². The average molecular weight is 225 g/mol. The number of hydrogen-bond acceptors (Lipinski definition) is 3. The van der Waals surface area contributed by atoms with E-state index >= 15 is 0 Å². The third kappa shape index (κ3) is 3.98. The fourth-order valence-electron chi connectivity index (χ4n) is 1.31. The Hall–Kier alpha value is -1.42. The highest BCUT2D eigenvalue weighted by Gasteiger charge is 2.12. The van der Waals surface area contributed by atoms with Gasteiger partial charge in [-0.15, -0.1) is 0 Å². The van der Waals surface area contributed by atoms with Gasteiger partial charge in [-0.3, -0.25) is 4.79 Å². The van der Waals surface area contributed by atoms with Crippen LogP contribution >= 0.6 is 0 Å². The highest BCUT2D eigenvalue weighted by Crippen LogP contribution is 2.15. The first kappa shape index (κ1) is 12.6. The minimum absolute atomic E-state index is 0.0729. The zero-order valence-corrected chi connectivity index (χ0v) is 9.28.